The number of fused-ring (bicyclic) bond motifs is 1. The monoisotopic (exact) mass is 246 g/mol. The molecule has 0 radical (unpaired) electrons. The fraction of sp³-hybridized carbons (Fsp3) is 0.538. The second-order valence-electron chi connectivity index (χ2n) is 4.69. The van der Waals surface area contributed by atoms with Crippen molar-refractivity contribution >= 4 is 11.2 Å². The average molecular weight is 246 g/mol. The van der Waals surface area contributed by atoms with Crippen LogP contribution < -0.4 is 5.32 Å². The minimum absolute atomic E-state index is 0.360. The van der Waals surface area contributed by atoms with Crippen molar-refractivity contribution in [1.29, 1.82) is 0 Å². The predicted octanol–water partition coefficient (Wildman–Crippen LogP) is 1.24. The Hall–Kier alpha value is -1.46. The van der Waals surface area contributed by atoms with Crippen molar-refractivity contribution < 1.29 is 4.74 Å². The van der Waals surface area contributed by atoms with Gasteiger partial charge in [0.1, 0.15) is 12.4 Å². The topological polar surface area (TPSA) is 52.0 Å². The number of piperidine rings is 1. The zero-order valence-corrected chi connectivity index (χ0v) is 10.6. The van der Waals surface area contributed by atoms with Gasteiger partial charge < -0.3 is 14.6 Å². The number of nitrogens with zero attached hydrogens (tertiary/aromatic N) is 3. The van der Waals surface area contributed by atoms with Gasteiger partial charge >= 0.3 is 0 Å². The number of aryl methyl sites for hydroxylation is 1. The highest BCUT2D eigenvalue weighted by atomic mass is 16.5. The lowest BCUT2D eigenvalue weighted by atomic mass is 10.1. The summed E-state index contributed by atoms with van der Waals surface area (Å²) in [6.45, 7) is 2.67. The van der Waals surface area contributed by atoms with Crippen LogP contribution in [0.15, 0.2) is 18.3 Å². The highest BCUT2D eigenvalue weighted by Crippen LogP contribution is 2.15. The summed E-state index contributed by atoms with van der Waals surface area (Å²) >= 11 is 0. The van der Waals surface area contributed by atoms with Crippen LogP contribution in [0, 0.1) is 0 Å². The molecule has 1 fully saturated rings. The van der Waals surface area contributed by atoms with E-state index in [2.05, 4.69) is 19.9 Å². The van der Waals surface area contributed by atoms with Crippen LogP contribution in [-0.4, -0.2) is 33.7 Å². The third-order valence-corrected chi connectivity index (χ3v) is 3.48. The minimum Gasteiger partial charge on any atom is -0.370 e. The molecule has 1 N–H and O–H groups in total. The summed E-state index contributed by atoms with van der Waals surface area (Å²) in [6, 6.07) is 3.96. The zero-order valence-electron chi connectivity index (χ0n) is 10.6. The van der Waals surface area contributed by atoms with Crippen molar-refractivity contribution in [2.24, 2.45) is 7.05 Å². The highest BCUT2D eigenvalue weighted by Gasteiger charge is 2.15. The number of pyridine rings is 1. The Morgan fingerprint density at radius 2 is 2.28 bits per heavy atom. The Bertz CT molecular complexity index is 531. The van der Waals surface area contributed by atoms with E-state index in [1.54, 1.807) is 6.20 Å². The summed E-state index contributed by atoms with van der Waals surface area (Å²) in [5.74, 6) is 0.947. The first-order valence-corrected chi connectivity index (χ1v) is 6.43. The molecule has 0 spiro atoms. The number of aromatic nitrogens is 3. The van der Waals surface area contributed by atoms with E-state index >= 15 is 0 Å². The molecule has 2 aromatic rings. The lowest BCUT2D eigenvalue weighted by Crippen LogP contribution is -2.32. The molecule has 96 valence electrons. The van der Waals surface area contributed by atoms with E-state index in [0.717, 1.165) is 42.9 Å². The van der Waals surface area contributed by atoms with Gasteiger partial charge in [-0.05, 0) is 38.1 Å². The Morgan fingerprint density at radius 1 is 1.44 bits per heavy atom. The van der Waals surface area contributed by atoms with Crippen molar-refractivity contribution in [1.82, 2.24) is 19.9 Å². The zero-order chi connectivity index (χ0) is 12.4. The molecule has 3 heterocycles. The number of imidazole rings is 1. The molecule has 0 aromatic carbocycles. The SMILES string of the molecule is Cn1c(COC2CCNCC2)nc2ncccc21. The summed E-state index contributed by atoms with van der Waals surface area (Å²) in [4.78, 5) is 8.77. The quantitative estimate of drug-likeness (QED) is 0.885. The van der Waals surface area contributed by atoms with Gasteiger partial charge in [0.2, 0.25) is 0 Å². The molecule has 5 heteroatoms. The van der Waals surface area contributed by atoms with Gasteiger partial charge in [-0.25, -0.2) is 9.97 Å². The van der Waals surface area contributed by atoms with E-state index in [1.165, 1.54) is 0 Å². The highest BCUT2D eigenvalue weighted by molar-refractivity contribution is 5.70. The largest absolute Gasteiger partial charge is 0.370 e. The van der Waals surface area contributed by atoms with Crippen LogP contribution in [-0.2, 0) is 18.4 Å². The number of ether oxygens (including phenoxy) is 1. The summed E-state index contributed by atoms with van der Waals surface area (Å²) < 4.78 is 7.99. The fourth-order valence-corrected chi connectivity index (χ4v) is 2.36. The van der Waals surface area contributed by atoms with Crippen molar-refractivity contribution in [2.45, 2.75) is 25.6 Å². The molecule has 1 saturated heterocycles. The summed E-state index contributed by atoms with van der Waals surface area (Å²) in [5, 5.41) is 3.33. The Morgan fingerprint density at radius 3 is 3.06 bits per heavy atom. The normalized spacial score (nSPS) is 17.4. The molecular weight excluding hydrogens is 228 g/mol. The molecular formula is C13H18N4O. The lowest BCUT2D eigenvalue weighted by molar-refractivity contribution is 0.0170. The Labute approximate surface area is 106 Å². The van der Waals surface area contributed by atoms with E-state index in [1.807, 2.05) is 19.2 Å². The van der Waals surface area contributed by atoms with Crippen molar-refractivity contribution in [2.75, 3.05) is 13.1 Å². The Balaban J connectivity index is 1.72. The standard InChI is InChI=1S/C13H18N4O/c1-17-11-3-2-6-15-13(11)16-12(17)9-18-10-4-7-14-8-5-10/h2-3,6,10,14H,4-5,7-9H2,1H3. The molecule has 18 heavy (non-hydrogen) atoms. The molecule has 2 aromatic heterocycles. The maximum Gasteiger partial charge on any atom is 0.177 e. The van der Waals surface area contributed by atoms with E-state index in [4.69, 9.17) is 4.74 Å². The third kappa shape index (κ3) is 2.23. The first kappa shape index (κ1) is 11.6. The number of hydrogen-bond acceptors (Lipinski definition) is 4. The number of hydrogen-bond donors (Lipinski definition) is 1. The van der Waals surface area contributed by atoms with Crippen LogP contribution in [0.5, 0.6) is 0 Å². The smallest absolute Gasteiger partial charge is 0.177 e. The maximum atomic E-state index is 5.93. The Kier molecular flexibility index (Phi) is 3.25. The first-order valence-electron chi connectivity index (χ1n) is 6.43. The van der Waals surface area contributed by atoms with Gasteiger partial charge in [-0.2, -0.15) is 0 Å². The molecule has 0 saturated carbocycles. The molecule has 3 rings (SSSR count). The van der Waals surface area contributed by atoms with E-state index in [0.29, 0.717) is 12.7 Å². The van der Waals surface area contributed by atoms with Crippen LogP contribution in [0.3, 0.4) is 0 Å². The molecule has 0 unspecified atom stereocenters. The van der Waals surface area contributed by atoms with Crippen molar-refractivity contribution in [3.8, 4) is 0 Å². The van der Waals surface area contributed by atoms with Gasteiger partial charge in [-0.3, -0.25) is 0 Å². The third-order valence-electron chi connectivity index (χ3n) is 3.48. The average Bonchev–Trinajstić information content (AvgIpc) is 2.75. The second-order valence-corrected chi connectivity index (χ2v) is 4.69. The van der Waals surface area contributed by atoms with E-state index in [9.17, 15) is 0 Å². The van der Waals surface area contributed by atoms with Gasteiger partial charge in [0.05, 0.1) is 11.6 Å². The van der Waals surface area contributed by atoms with Gasteiger partial charge in [0, 0.05) is 13.2 Å². The number of rotatable bonds is 3. The maximum absolute atomic E-state index is 5.93. The van der Waals surface area contributed by atoms with Gasteiger partial charge in [-0.1, -0.05) is 0 Å². The summed E-state index contributed by atoms with van der Waals surface area (Å²) in [7, 11) is 2.01. The lowest BCUT2D eigenvalue weighted by Gasteiger charge is -2.22. The fourth-order valence-electron chi connectivity index (χ4n) is 2.36. The summed E-state index contributed by atoms with van der Waals surface area (Å²) in [6.07, 6.45) is 4.30. The van der Waals surface area contributed by atoms with Crippen molar-refractivity contribution in [3.63, 3.8) is 0 Å². The van der Waals surface area contributed by atoms with Crippen LogP contribution >= 0.6 is 0 Å². The van der Waals surface area contributed by atoms with E-state index in [-0.39, 0.29) is 0 Å². The minimum atomic E-state index is 0.360. The summed E-state index contributed by atoms with van der Waals surface area (Å²) in [5.41, 5.74) is 1.85. The number of nitrogens with one attached hydrogen (secondary N) is 1. The molecule has 0 bridgehead atoms. The van der Waals surface area contributed by atoms with Crippen molar-refractivity contribution in [3.05, 3.63) is 24.2 Å². The van der Waals surface area contributed by atoms with Crippen LogP contribution in [0.4, 0.5) is 0 Å². The molecule has 1 aliphatic rings. The second kappa shape index (κ2) is 5.04. The van der Waals surface area contributed by atoms with Crippen LogP contribution in [0.25, 0.3) is 11.2 Å². The molecule has 1 aliphatic heterocycles. The molecule has 0 atom stereocenters. The van der Waals surface area contributed by atoms with Gasteiger partial charge in [0.15, 0.2) is 5.65 Å². The van der Waals surface area contributed by atoms with E-state index < -0.39 is 0 Å². The first-order chi connectivity index (χ1) is 8.84. The molecule has 5 nitrogen and oxygen atoms in total. The van der Waals surface area contributed by atoms with Gasteiger partial charge in [-0.15, -0.1) is 0 Å². The molecule has 0 amide bonds. The molecule has 0 aliphatic carbocycles. The predicted molar refractivity (Wildman–Crippen MR) is 69.2 cm³/mol. The van der Waals surface area contributed by atoms with Crippen LogP contribution in [0.2, 0.25) is 0 Å². The van der Waals surface area contributed by atoms with Gasteiger partial charge in [0.25, 0.3) is 0 Å². The van der Waals surface area contributed by atoms with Crippen LogP contribution in [0.1, 0.15) is 18.7 Å².